The molecular weight excluding hydrogens is 402 g/mol. The molecule has 9 heteroatoms. The van der Waals surface area contributed by atoms with Crippen LogP contribution in [-0.2, 0) is 4.79 Å². The maximum absolute atomic E-state index is 11.8. The minimum atomic E-state index is -0.437. The molecule has 1 aromatic carbocycles. The highest BCUT2D eigenvalue weighted by atomic mass is 35.5. The summed E-state index contributed by atoms with van der Waals surface area (Å²) in [6, 6.07) is 6.41. The molecule has 2 aromatic rings. The van der Waals surface area contributed by atoms with Crippen molar-refractivity contribution in [3.8, 4) is 5.75 Å². The second-order valence-corrected chi connectivity index (χ2v) is 7.46. The Morgan fingerprint density at radius 3 is 2.61 bits per heavy atom. The summed E-state index contributed by atoms with van der Waals surface area (Å²) < 4.78 is 6.36. The second kappa shape index (κ2) is 8.22. The first-order valence-electron chi connectivity index (χ1n) is 6.23. The Balaban J connectivity index is 1.92. The third-order valence-electron chi connectivity index (χ3n) is 2.65. The summed E-state index contributed by atoms with van der Waals surface area (Å²) in [5, 5.41) is 4.77. The summed E-state index contributed by atoms with van der Waals surface area (Å²) in [6.45, 7) is 1.47. The van der Waals surface area contributed by atoms with Gasteiger partial charge in [0.15, 0.2) is 6.61 Å². The highest BCUT2D eigenvalue weighted by molar-refractivity contribution is 7.20. The molecule has 0 saturated heterocycles. The number of halogens is 4. The average molecular weight is 412 g/mol. The van der Waals surface area contributed by atoms with E-state index in [9.17, 15) is 4.79 Å². The van der Waals surface area contributed by atoms with E-state index in [4.69, 9.17) is 51.1 Å². The first-order valence-corrected chi connectivity index (χ1v) is 8.56. The summed E-state index contributed by atoms with van der Waals surface area (Å²) in [6.07, 6.45) is 0. The van der Waals surface area contributed by atoms with Crippen molar-refractivity contribution in [3.63, 3.8) is 0 Å². The normalized spacial score (nSPS) is 11.4. The monoisotopic (exact) mass is 410 g/mol. The van der Waals surface area contributed by atoms with Gasteiger partial charge in [0.2, 0.25) is 0 Å². The van der Waals surface area contributed by atoms with Gasteiger partial charge in [-0.2, -0.15) is 5.10 Å². The van der Waals surface area contributed by atoms with Gasteiger partial charge in [0.25, 0.3) is 5.91 Å². The molecule has 0 bridgehead atoms. The predicted octanol–water partition coefficient (Wildman–Crippen LogP) is 5.28. The smallest absolute Gasteiger partial charge is 0.277 e. The van der Waals surface area contributed by atoms with Crippen LogP contribution in [0.1, 0.15) is 12.5 Å². The molecule has 0 aliphatic rings. The van der Waals surface area contributed by atoms with E-state index in [1.165, 1.54) is 17.4 Å². The molecule has 0 aliphatic carbocycles. The van der Waals surface area contributed by atoms with Crippen LogP contribution in [0.5, 0.6) is 5.75 Å². The number of hydrogen-bond donors (Lipinski definition) is 1. The third-order valence-corrected chi connectivity index (χ3v) is 4.67. The number of benzene rings is 1. The molecule has 0 atom stereocenters. The fourth-order valence-corrected chi connectivity index (χ4v) is 3.59. The number of thiophene rings is 1. The van der Waals surface area contributed by atoms with Gasteiger partial charge in [-0.1, -0.05) is 46.4 Å². The van der Waals surface area contributed by atoms with Crippen molar-refractivity contribution < 1.29 is 9.53 Å². The Bertz CT molecular complexity index is 761. The van der Waals surface area contributed by atoms with Crippen molar-refractivity contribution >= 4 is 69.4 Å². The molecule has 122 valence electrons. The second-order valence-electron chi connectivity index (χ2n) is 4.33. The molecule has 2 rings (SSSR count). The highest BCUT2D eigenvalue weighted by Gasteiger charge is 2.10. The zero-order valence-corrected chi connectivity index (χ0v) is 15.5. The van der Waals surface area contributed by atoms with Crippen LogP contribution in [0.3, 0.4) is 0 Å². The molecule has 0 fully saturated rings. The Labute approximate surface area is 156 Å². The van der Waals surface area contributed by atoms with Crippen molar-refractivity contribution in [1.29, 1.82) is 0 Å². The molecule has 0 radical (unpaired) electrons. The zero-order valence-electron chi connectivity index (χ0n) is 11.7. The highest BCUT2D eigenvalue weighted by Crippen LogP contribution is 2.31. The molecule has 1 N–H and O–H groups in total. The van der Waals surface area contributed by atoms with Crippen LogP contribution in [0.15, 0.2) is 29.4 Å². The maximum atomic E-state index is 11.8. The van der Waals surface area contributed by atoms with Gasteiger partial charge in [-0.25, -0.2) is 5.43 Å². The molecule has 0 saturated carbocycles. The number of rotatable bonds is 5. The van der Waals surface area contributed by atoms with Gasteiger partial charge in [0, 0.05) is 10.6 Å². The lowest BCUT2D eigenvalue weighted by Gasteiger charge is -2.07. The topological polar surface area (TPSA) is 50.7 Å². The van der Waals surface area contributed by atoms with Crippen molar-refractivity contribution in [1.82, 2.24) is 5.43 Å². The number of hydrazone groups is 1. The lowest BCUT2D eigenvalue weighted by atomic mass is 10.2. The van der Waals surface area contributed by atoms with Crippen LogP contribution in [0.2, 0.25) is 18.7 Å². The van der Waals surface area contributed by atoms with Gasteiger partial charge in [-0.15, -0.1) is 11.3 Å². The summed E-state index contributed by atoms with van der Waals surface area (Å²) >= 11 is 24.8. The SMILES string of the molecule is C/C(=N/NC(=O)COc1ccc(Cl)cc1Cl)c1cc(Cl)sc1Cl. The third kappa shape index (κ3) is 5.26. The van der Waals surface area contributed by atoms with Crippen molar-refractivity contribution in [2.24, 2.45) is 5.10 Å². The van der Waals surface area contributed by atoms with E-state index in [-0.39, 0.29) is 6.61 Å². The Kier molecular flexibility index (Phi) is 6.56. The average Bonchev–Trinajstić information content (AvgIpc) is 2.82. The lowest BCUT2D eigenvalue weighted by Crippen LogP contribution is -2.25. The van der Waals surface area contributed by atoms with Gasteiger partial charge < -0.3 is 4.74 Å². The Morgan fingerprint density at radius 2 is 2.00 bits per heavy atom. The summed E-state index contributed by atoms with van der Waals surface area (Å²) in [5.74, 6) is -0.0765. The number of carbonyl (C=O) groups excluding carboxylic acids is 1. The minimum absolute atomic E-state index is 0.240. The first-order chi connectivity index (χ1) is 10.9. The minimum Gasteiger partial charge on any atom is -0.482 e. The van der Waals surface area contributed by atoms with Crippen LogP contribution < -0.4 is 10.2 Å². The number of amides is 1. The molecule has 1 heterocycles. The predicted molar refractivity (Wildman–Crippen MR) is 96.6 cm³/mol. The molecule has 0 aliphatic heterocycles. The van der Waals surface area contributed by atoms with Gasteiger partial charge >= 0.3 is 0 Å². The molecule has 23 heavy (non-hydrogen) atoms. The number of nitrogens with one attached hydrogen (secondary N) is 1. The molecule has 1 amide bonds. The summed E-state index contributed by atoms with van der Waals surface area (Å²) in [5.41, 5.74) is 3.58. The van der Waals surface area contributed by atoms with Crippen molar-refractivity contribution in [2.45, 2.75) is 6.92 Å². The van der Waals surface area contributed by atoms with Gasteiger partial charge in [0.05, 0.1) is 15.1 Å². The fraction of sp³-hybridized carbons (Fsp3) is 0.143. The van der Waals surface area contributed by atoms with E-state index < -0.39 is 5.91 Å². The summed E-state index contributed by atoms with van der Waals surface area (Å²) in [4.78, 5) is 11.8. The van der Waals surface area contributed by atoms with E-state index in [1.807, 2.05) is 0 Å². The Hall–Kier alpha value is -0.980. The fourth-order valence-electron chi connectivity index (χ4n) is 1.56. The number of hydrogen-bond acceptors (Lipinski definition) is 4. The van der Waals surface area contributed by atoms with Gasteiger partial charge in [0.1, 0.15) is 10.1 Å². The van der Waals surface area contributed by atoms with Crippen molar-refractivity contribution in [3.05, 3.63) is 48.5 Å². The molecule has 0 unspecified atom stereocenters. The van der Waals surface area contributed by atoms with Crippen LogP contribution in [0.25, 0.3) is 0 Å². The molecule has 0 spiro atoms. The largest absolute Gasteiger partial charge is 0.482 e. The maximum Gasteiger partial charge on any atom is 0.277 e. The van der Waals surface area contributed by atoms with Crippen LogP contribution >= 0.6 is 57.7 Å². The van der Waals surface area contributed by atoms with E-state index in [1.54, 1.807) is 25.1 Å². The van der Waals surface area contributed by atoms with E-state index in [2.05, 4.69) is 10.5 Å². The quantitative estimate of drug-likeness (QED) is 0.537. The molecular formula is C14H10Cl4N2O2S. The first kappa shape index (κ1) is 18.4. The molecule has 1 aromatic heterocycles. The zero-order chi connectivity index (χ0) is 17.0. The number of carbonyl (C=O) groups is 1. The van der Waals surface area contributed by atoms with Crippen LogP contribution in [-0.4, -0.2) is 18.2 Å². The molecule has 4 nitrogen and oxygen atoms in total. The van der Waals surface area contributed by atoms with Crippen LogP contribution in [0, 0.1) is 0 Å². The number of nitrogens with zero attached hydrogens (tertiary/aromatic N) is 1. The lowest BCUT2D eigenvalue weighted by molar-refractivity contribution is -0.123. The van der Waals surface area contributed by atoms with E-state index in [0.29, 0.717) is 35.7 Å². The van der Waals surface area contributed by atoms with Gasteiger partial charge in [-0.3, -0.25) is 4.79 Å². The van der Waals surface area contributed by atoms with E-state index in [0.717, 1.165) is 0 Å². The van der Waals surface area contributed by atoms with E-state index >= 15 is 0 Å². The summed E-state index contributed by atoms with van der Waals surface area (Å²) in [7, 11) is 0. The van der Waals surface area contributed by atoms with Crippen LogP contribution in [0.4, 0.5) is 0 Å². The number of ether oxygens (including phenoxy) is 1. The Morgan fingerprint density at radius 1 is 1.26 bits per heavy atom. The standard InChI is InChI=1S/C14H10Cl4N2O2S/c1-7(9-5-12(17)23-14(9)18)19-20-13(21)6-22-11-3-2-8(15)4-10(11)16/h2-5H,6H2,1H3,(H,20,21)/b19-7-. The van der Waals surface area contributed by atoms with Gasteiger partial charge in [-0.05, 0) is 31.2 Å². The van der Waals surface area contributed by atoms with Crippen molar-refractivity contribution in [2.75, 3.05) is 6.61 Å².